The summed E-state index contributed by atoms with van der Waals surface area (Å²) in [6.45, 7) is 13.2. The molecule has 0 spiro atoms. The number of aromatic nitrogens is 1. The Bertz CT molecular complexity index is 411. The normalized spacial score (nSPS) is 18.1. The second-order valence-corrected chi connectivity index (χ2v) is 7.39. The average Bonchev–Trinajstić information content (AvgIpc) is 2.46. The van der Waals surface area contributed by atoms with E-state index < -0.39 is 0 Å². The van der Waals surface area contributed by atoms with E-state index >= 15 is 0 Å². The van der Waals surface area contributed by atoms with Crippen molar-refractivity contribution in [1.82, 2.24) is 15.2 Å². The van der Waals surface area contributed by atoms with Gasteiger partial charge in [0.1, 0.15) is 0 Å². The maximum Gasteiger partial charge on any atom is 0.0544 e. The second kappa shape index (κ2) is 7.37. The lowest BCUT2D eigenvalue weighted by molar-refractivity contribution is 0.173. The molecule has 2 rings (SSSR count). The molecule has 0 radical (unpaired) electrons. The molecule has 0 amide bonds. The van der Waals surface area contributed by atoms with Gasteiger partial charge in [-0.1, -0.05) is 19.4 Å². The van der Waals surface area contributed by atoms with E-state index in [0.717, 1.165) is 19.0 Å². The Morgan fingerprint density at radius 1 is 1.24 bits per heavy atom. The molecule has 118 valence electrons. The highest BCUT2D eigenvalue weighted by molar-refractivity contribution is 5.14. The largest absolute Gasteiger partial charge is 0.308 e. The van der Waals surface area contributed by atoms with Crippen LogP contribution in [0.3, 0.4) is 0 Å². The molecule has 0 bridgehead atoms. The predicted octanol–water partition coefficient (Wildman–Crippen LogP) is 3.59. The quantitative estimate of drug-likeness (QED) is 0.898. The molecule has 1 saturated heterocycles. The predicted molar refractivity (Wildman–Crippen MR) is 89.1 cm³/mol. The Morgan fingerprint density at radius 2 is 1.95 bits per heavy atom. The number of nitrogens with one attached hydrogen (secondary N) is 1. The summed E-state index contributed by atoms with van der Waals surface area (Å²) in [4.78, 5) is 7.17. The molecule has 0 aromatic carbocycles. The molecule has 1 aliphatic rings. The monoisotopic (exact) mass is 289 g/mol. The average molecular weight is 289 g/mol. The number of likely N-dealkylation sites (tertiary alicyclic amines) is 1. The third-order valence-corrected chi connectivity index (χ3v) is 4.38. The number of pyridine rings is 1. The van der Waals surface area contributed by atoms with E-state index in [9.17, 15) is 0 Å². The van der Waals surface area contributed by atoms with Gasteiger partial charge in [-0.05, 0) is 64.3 Å². The van der Waals surface area contributed by atoms with E-state index in [2.05, 4.69) is 55.0 Å². The van der Waals surface area contributed by atoms with E-state index in [1.165, 1.54) is 43.6 Å². The molecule has 1 aromatic heterocycles. The molecule has 0 aliphatic carbocycles. The summed E-state index contributed by atoms with van der Waals surface area (Å²) in [5.41, 5.74) is 2.62. The molecule has 3 heteroatoms. The fourth-order valence-corrected chi connectivity index (χ4v) is 2.80. The van der Waals surface area contributed by atoms with Gasteiger partial charge in [0, 0.05) is 24.8 Å². The van der Waals surface area contributed by atoms with Crippen LogP contribution in [0.2, 0.25) is 0 Å². The van der Waals surface area contributed by atoms with Crippen molar-refractivity contribution in [1.29, 1.82) is 0 Å². The number of hydrogen-bond donors (Lipinski definition) is 1. The van der Waals surface area contributed by atoms with Gasteiger partial charge >= 0.3 is 0 Å². The maximum atomic E-state index is 4.63. The van der Waals surface area contributed by atoms with Crippen molar-refractivity contribution in [3.8, 4) is 0 Å². The van der Waals surface area contributed by atoms with Crippen molar-refractivity contribution in [3.63, 3.8) is 0 Å². The summed E-state index contributed by atoms with van der Waals surface area (Å²) in [6.07, 6.45) is 6.06. The number of piperidine rings is 1. The van der Waals surface area contributed by atoms with E-state index in [-0.39, 0.29) is 5.54 Å². The van der Waals surface area contributed by atoms with Crippen molar-refractivity contribution in [2.75, 3.05) is 13.1 Å². The zero-order chi connectivity index (χ0) is 15.3. The summed E-state index contributed by atoms with van der Waals surface area (Å²) in [7, 11) is 0. The summed E-state index contributed by atoms with van der Waals surface area (Å²) in [5.74, 6) is 0.944. The summed E-state index contributed by atoms with van der Waals surface area (Å²) >= 11 is 0. The first-order chi connectivity index (χ1) is 9.96. The topological polar surface area (TPSA) is 28.2 Å². The Labute approximate surface area is 130 Å². The highest BCUT2D eigenvalue weighted by Crippen LogP contribution is 2.21. The minimum atomic E-state index is 0.155. The van der Waals surface area contributed by atoms with Crippen LogP contribution in [-0.4, -0.2) is 28.5 Å². The van der Waals surface area contributed by atoms with Crippen molar-refractivity contribution < 1.29 is 0 Å². The summed E-state index contributed by atoms with van der Waals surface area (Å²) in [6, 6.07) is 4.39. The molecule has 0 unspecified atom stereocenters. The highest BCUT2D eigenvalue weighted by Gasteiger charge is 2.18. The Hall–Kier alpha value is -0.930. The number of nitrogens with zero attached hydrogens (tertiary/aromatic N) is 2. The molecular weight excluding hydrogens is 258 g/mol. The SMILES string of the molecule is CCC1CCN(Cc2ccc(CNC(C)(C)C)cn2)CC1. The zero-order valence-electron chi connectivity index (χ0n) is 14.2. The van der Waals surface area contributed by atoms with Crippen molar-refractivity contribution in [3.05, 3.63) is 29.6 Å². The lowest BCUT2D eigenvalue weighted by atomic mass is 9.94. The third-order valence-electron chi connectivity index (χ3n) is 4.38. The molecular formula is C18H31N3. The van der Waals surface area contributed by atoms with Crippen LogP contribution in [0.5, 0.6) is 0 Å². The molecule has 1 N–H and O–H groups in total. The van der Waals surface area contributed by atoms with Crippen LogP contribution in [0.25, 0.3) is 0 Å². The van der Waals surface area contributed by atoms with Crippen molar-refractivity contribution >= 4 is 0 Å². The van der Waals surface area contributed by atoms with Gasteiger partial charge in [-0.25, -0.2) is 0 Å². The van der Waals surface area contributed by atoms with Crippen LogP contribution < -0.4 is 5.32 Å². The van der Waals surface area contributed by atoms with E-state index in [1.54, 1.807) is 0 Å². The number of hydrogen-bond acceptors (Lipinski definition) is 3. The summed E-state index contributed by atoms with van der Waals surface area (Å²) in [5, 5.41) is 3.50. The van der Waals surface area contributed by atoms with Gasteiger partial charge < -0.3 is 5.32 Å². The van der Waals surface area contributed by atoms with Crippen LogP contribution in [-0.2, 0) is 13.1 Å². The van der Waals surface area contributed by atoms with Gasteiger partial charge in [0.2, 0.25) is 0 Å². The molecule has 21 heavy (non-hydrogen) atoms. The van der Waals surface area contributed by atoms with Gasteiger partial charge in [-0.3, -0.25) is 9.88 Å². The van der Waals surface area contributed by atoms with Crippen LogP contribution in [0.1, 0.15) is 58.2 Å². The smallest absolute Gasteiger partial charge is 0.0544 e. The van der Waals surface area contributed by atoms with Gasteiger partial charge in [-0.15, -0.1) is 0 Å². The lowest BCUT2D eigenvalue weighted by Crippen LogP contribution is -2.35. The fraction of sp³-hybridized carbons (Fsp3) is 0.722. The first kappa shape index (κ1) is 16.4. The van der Waals surface area contributed by atoms with Gasteiger partial charge in [0.15, 0.2) is 0 Å². The lowest BCUT2D eigenvalue weighted by Gasteiger charge is -2.31. The molecule has 1 aliphatic heterocycles. The van der Waals surface area contributed by atoms with Crippen LogP contribution in [0.15, 0.2) is 18.3 Å². The molecule has 1 fully saturated rings. The molecule has 2 heterocycles. The minimum Gasteiger partial charge on any atom is -0.308 e. The van der Waals surface area contributed by atoms with E-state index in [1.807, 2.05) is 6.20 Å². The Morgan fingerprint density at radius 3 is 2.48 bits per heavy atom. The van der Waals surface area contributed by atoms with Gasteiger partial charge in [0.25, 0.3) is 0 Å². The van der Waals surface area contributed by atoms with Crippen LogP contribution >= 0.6 is 0 Å². The molecule has 0 saturated carbocycles. The van der Waals surface area contributed by atoms with Crippen molar-refractivity contribution in [2.24, 2.45) is 5.92 Å². The van der Waals surface area contributed by atoms with E-state index in [0.29, 0.717) is 0 Å². The minimum absolute atomic E-state index is 0.155. The zero-order valence-corrected chi connectivity index (χ0v) is 14.2. The molecule has 3 nitrogen and oxygen atoms in total. The third kappa shape index (κ3) is 5.76. The van der Waals surface area contributed by atoms with Gasteiger partial charge in [-0.2, -0.15) is 0 Å². The first-order valence-electron chi connectivity index (χ1n) is 8.37. The Kier molecular flexibility index (Phi) is 5.77. The second-order valence-electron chi connectivity index (χ2n) is 7.39. The Balaban J connectivity index is 1.80. The van der Waals surface area contributed by atoms with Crippen LogP contribution in [0.4, 0.5) is 0 Å². The standard InChI is InChI=1S/C18H31N3/c1-5-15-8-10-21(11-9-15)14-17-7-6-16(12-19-17)13-20-18(2,3)4/h6-7,12,15,20H,5,8-11,13-14H2,1-4H3. The molecule has 1 aromatic rings. The number of rotatable bonds is 5. The van der Waals surface area contributed by atoms with Crippen molar-refractivity contribution in [2.45, 2.75) is 65.6 Å². The maximum absolute atomic E-state index is 4.63. The van der Waals surface area contributed by atoms with Crippen LogP contribution in [0, 0.1) is 5.92 Å². The summed E-state index contributed by atoms with van der Waals surface area (Å²) < 4.78 is 0. The van der Waals surface area contributed by atoms with E-state index in [4.69, 9.17) is 0 Å². The highest BCUT2D eigenvalue weighted by atomic mass is 15.1. The fourth-order valence-electron chi connectivity index (χ4n) is 2.80. The molecule has 0 atom stereocenters. The van der Waals surface area contributed by atoms with Gasteiger partial charge in [0.05, 0.1) is 5.69 Å². The first-order valence-corrected chi connectivity index (χ1v) is 8.37.